The van der Waals surface area contributed by atoms with Crippen molar-refractivity contribution >= 4 is 5.96 Å². The van der Waals surface area contributed by atoms with Crippen molar-refractivity contribution in [1.29, 1.82) is 0 Å². The molecule has 2 N–H and O–H groups in total. The summed E-state index contributed by atoms with van der Waals surface area (Å²) in [5.74, 6) is 3.39. The maximum absolute atomic E-state index is 5.60. The lowest BCUT2D eigenvalue weighted by Crippen LogP contribution is -2.54. The highest BCUT2D eigenvalue weighted by Crippen LogP contribution is 2.20. The van der Waals surface area contributed by atoms with Gasteiger partial charge in [-0.2, -0.15) is 0 Å². The Morgan fingerprint density at radius 3 is 2.47 bits per heavy atom. The second-order valence-electron chi connectivity index (χ2n) is 8.69. The van der Waals surface area contributed by atoms with Gasteiger partial charge in [-0.05, 0) is 25.7 Å². The van der Waals surface area contributed by atoms with Gasteiger partial charge in [-0.25, -0.2) is 4.99 Å². The molecule has 1 aliphatic carbocycles. The van der Waals surface area contributed by atoms with Crippen LogP contribution in [-0.4, -0.2) is 70.6 Å². The van der Waals surface area contributed by atoms with E-state index in [4.69, 9.17) is 9.73 Å². The van der Waals surface area contributed by atoms with Crippen LogP contribution in [0.25, 0.3) is 0 Å². The first kappa shape index (κ1) is 23.0. The number of aryl methyl sites for hydroxylation is 1. The van der Waals surface area contributed by atoms with Gasteiger partial charge in [-0.3, -0.25) is 4.90 Å². The van der Waals surface area contributed by atoms with Gasteiger partial charge in [0.2, 0.25) is 0 Å². The molecule has 2 aliphatic rings. The predicted octanol–water partition coefficient (Wildman–Crippen LogP) is 2.24. The zero-order valence-electron chi connectivity index (χ0n) is 19.4. The van der Waals surface area contributed by atoms with E-state index in [1.165, 1.54) is 38.5 Å². The molecule has 1 aromatic rings. The van der Waals surface area contributed by atoms with E-state index in [0.29, 0.717) is 24.5 Å². The van der Waals surface area contributed by atoms with Gasteiger partial charge in [-0.1, -0.05) is 39.5 Å². The van der Waals surface area contributed by atoms with E-state index in [9.17, 15) is 0 Å². The first-order valence-corrected chi connectivity index (χ1v) is 11.8. The zero-order chi connectivity index (χ0) is 21.3. The van der Waals surface area contributed by atoms with Crippen LogP contribution in [0.3, 0.4) is 0 Å². The van der Waals surface area contributed by atoms with E-state index in [1.807, 2.05) is 18.5 Å². The average Bonchev–Trinajstić information content (AvgIpc) is 3.40. The predicted molar refractivity (Wildman–Crippen MR) is 121 cm³/mol. The fourth-order valence-electron chi connectivity index (χ4n) is 4.69. The van der Waals surface area contributed by atoms with Gasteiger partial charge in [0.05, 0.1) is 13.2 Å². The molecule has 8 nitrogen and oxygen atoms in total. The van der Waals surface area contributed by atoms with Crippen molar-refractivity contribution in [2.75, 3.05) is 32.8 Å². The van der Waals surface area contributed by atoms with Crippen molar-refractivity contribution < 1.29 is 4.74 Å². The molecule has 2 heterocycles. The summed E-state index contributed by atoms with van der Waals surface area (Å²) in [6.45, 7) is 11.7. The Kier molecular flexibility index (Phi) is 8.93. The molecule has 170 valence electrons. The number of morpholine rings is 1. The maximum atomic E-state index is 5.60. The fourth-order valence-corrected chi connectivity index (χ4v) is 4.69. The third kappa shape index (κ3) is 6.17. The summed E-state index contributed by atoms with van der Waals surface area (Å²) in [6.07, 6.45) is 7.45. The van der Waals surface area contributed by atoms with Crippen LogP contribution in [-0.2, 0) is 18.3 Å². The maximum Gasteiger partial charge on any atom is 0.191 e. The van der Waals surface area contributed by atoms with Crippen LogP contribution < -0.4 is 10.6 Å². The number of rotatable bonds is 9. The summed E-state index contributed by atoms with van der Waals surface area (Å²) in [5, 5.41) is 15.8. The van der Waals surface area contributed by atoms with Crippen LogP contribution in [0.1, 0.15) is 64.0 Å². The molecule has 2 fully saturated rings. The van der Waals surface area contributed by atoms with Gasteiger partial charge in [0.1, 0.15) is 12.4 Å². The van der Waals surface area contributed by atoms with Crippen molar-refractivity contribution in [3.8, 4) is 0 Å². The monoisotopic (exact) mass is 419 g/mol. The van der Waals surface area contributed by atoms with Gasteiger partial charge >= 0.3 is 0 Å². The smallest absolute Gasteiger partial charge is 0.191 e. The minimum atomic E-state index is 0.497. The number of hydrogen-bond acceptors (Lipinski definition) is 5. The lowest BCUT2D eigenvalue weighted by Gasteiger charge is -2.39. The molecule has 0 spiro atoms. The van der Waals surface area contributed by atoms with Crippen LogP contribution in [0.15, 0.2) is 4.99 Å². The van der Waals surface area contributed by atoms with Crippen molar-refractivity contribution in [3.63, 3.8) is 0 Å². The highest BCUT2D eigenvalue weighted by molar-refractivity contribution is 5.80. The van der Waals surface area contributed by atoms with Crippen LogP contribution in [0, 0.1) is 12.8 Å². The Morgan fingerprint density at radius 2 is 1.87 bits per heavy atom. The SMILES string of the molecule is CCC(CC)C(CNC(=NCc1nnc(C)n1C)NC1CCCC1)N1CCOCC1. The standard InChI is InChI=1S/C22H41N7O/c1-5-18(6-2)20(29-11-13-30-14-12-29)15-23-22(25-19-9-7-8-10-19)24-16-21-27-26-17(3)28(21)4/h18-20H,5-16H2,1-4H3,(H2,23,24,25). The number of nitrogens with zero attached hydrogens (tertiary/aromatic N) is 5. The van der Waals surface area contributed by atoms with Crippen LogP contribution >= 0.6 is 0 Å². The Balaban J connectivity index is 1.69. The van der Waals surface area contributed by atoms with Crippen LogP contribution in [0.2, 0.25) is 0 Å². The summed E-state index contributed by atoms with van der Waals surface area (Å²) in [5.41, 5.74) is 0. The van der Waals surface area contributed by atoms with E-state index in [-0.39, 0.29) is 0 Å². The molecule has 0 aromatic carbocycles. The number of ether oxygens (including phenoxy) is 1. The van der Waals surface area contributed by atoms with Crippen molar-refractivity contribution in [2.24, 2.45) is 18.0 Å². The Bertz CT molecular complexity index is 658. The number of aromatic nitrogens is 3. The third-order valence-corrected chi connectivity index (χ3v) is 6.84. The largest absolute Gasteiger partial charge is 0.379 e. The van der Waals surface area contributed by atoms with E-state index in [2.05, 4.69) is 39.6 Å². The second kappa shape index (κ2) is 11.6. The number of aliphatic imine (C=N–C) groups is 1. The van der Waals surface area contributed by atoms with Gasteiger partial charge in [0, 0.05) is 38.8 Å². The minimum absolute atomic E-state index is 0.497. The quantitative estimate of drug-likeness (QED) is 0.472. The first-order valence-electron chi connectivity index (χ1n) is 11.8. The molecule has 3 rings (SSSR count). The molecule has 1 unspecified atom stereocenters. The minimum Gasteiger partial charge on any atom is -0.379 e. The lowest BCUT2D eigenvalue weighted by atomic mass is 9.92. The molecular formula is C22H41N7O. The highest BCUT2D eigenvalue weighted by Gasteiger charge is 2.27. The number of guanidine groups is 1. The van der Waals surface area contributed by atoms with E-state index < -0.39 is 0 Å². The van der Waals surface area contributed by atoms with Gasteiger partial charge in [0.25, 0.3) is 0 Å². The van der Waals surface area contributed by atoms with E-state index in [1.54, 1.807) is 0 Å². The number of nitrogens with one attached hydrogen (secondary N) is 2. The Labute approximate surface area is 181 Å². The van der Waals surface area contributed by atoms with Crippen molar-refractivity contribution in [1.82, 2.24) is 30.3 Å². The van der Waals surface area contributed by atoms with Crippen molar-refractivity contribution in [3.05, 3.63) is 11.6 Å². The molecule has 1 aromatic heterocycles. The third-order valence-electron chi connectivity index (χ3n) is 6.84. The molecule has 1 saturated carbocycles. The first-order chi connectivity index (χ1) is 14.6. The van der Waals surface area contributed by atoms with E-state index in [0.717, 1.165) is 50.5 Å². The summed E-state index contributed by atoms with van der Waals surface area (Å²) in [4.78, 5) is 7.49. The fraction of sp³-hybridized carbons (Fsp3) is 0.864. The second-order valence-corrected chi connectivity index (χ2v) is 8.69. The topological polar surface area (TPSA) is 79.6 Å². The van der Waals surface area contributed by atoms with Crippen LogP contribution in [0.5, 0.6) is 0 Å². The van der Waals surface area contributed by atoms with Gasteiger partial charge in [-0.15, -0.1) is 10.2 Å². The van der Waals surface area contributed by atoms with E-state index >= 15 is 0 Å². The Hall–Kier alpha value is -1.67. The molecule has 0 bridgehead atoms. The summed E-state index contributed by atoms with van der Waals surface area (Å²) < 4.78 is 7.61. The molecule has 0 amide bonds. The van der Waals surface area contributed by atoms with Gasteiger partial charge < -0.3 is 19.9 Å². The lowest BCUT2D eigenvalue weighted by molar-refractivity contribution is 0.00271. The Morgan fingerprint density at radius 1 is 1.17 bits per heavy atom. The molecule has 1 aliphatic heterocycles. The highest BCUT2D eigenvalue weighted by atomic mass is 16.5. The summed E-state index contributed by atoms with van der Waals surface area (Å²) in [6, 6.07) is 1.02. The summed E-state index contributed by atoms with van der Waals surface area (Å²) >= 11 is 0. The van der Waals surface area contributed by atoms with Crippen molar-refractivity contribution in [2.45, 2.75) is 77.9 Å². The van der Waals surface area contributed by atoms with Crippen LogP contribution in [0.4, 0.5) is 0 Å². The summed E-state index contributed by atoms with van der Waals surface area (Å²) in [7, 11) is 2.00. The zero-order valence-corrected chi connectivity index (χ0v) is 19.4. The molecule has 1 atom stereocenters. The average molecular weight is 420 g/mol. The molecular weight excluding hydrogens is 378 g/mol. The molecule has 30 heavy (non-hydrogen) atoms. The molecule has 0 radical (unpaired) electrons. The van der Waals surface area contributed by atoms with Gasteiger partial charge in [0.15, 0.2) is 11.8 Å². The normalized spacial score (nSPS) is 20.1. The molecule has 8 heteroatoms. The molecule has 1 saturated heterocycles. The number of hydrogen-bond donors (Lipinski definition) is 2.